The number of nitrogens with zero attached hydrogens (tertiary/aromatic N) is 2. The predicted molar refractivity (Wildman–Crippen MR) is 178 cm³/mol. The Morgan fingerprint density at radius 1 is 0.958 bits per heavy atom. The molecule has 0 aliphatic heterocycles. The zero-order valence-corrected chi connectivity index (χ0v) is 29.5. The fraction of sp³-hybridized carbons (Fsp3) is 0.593. The van der Waals surface area contributed by atoms with Crippen molar-refractivity contribution in [1.82, 2.24) is 31.2 Å². The average molecular weight is 738 g/mol. The van der Waals surface area contributed by atoms with Gasteiger partial charge in [-0.25, -0.2) is 14.6 Å². The third-order valence-electron chi connectivity index (χ3n) is 6.05. The first-order chi connectivity index (χ1) is 22.6. The molecule has 21 heteroatoms. The van der Waals surface area contributed by atoms with Crippen molar-refractivity contribution >= 4 is 69.2 Å². The molecule has 1 rings (SSSR count). The van der Waals surface area contributed by atoms with Gasteiger partial charge >= 0.3 is 11.9 Å². The van der Waals surface area contributed by atoms with E-state index in [4.69, 9.17) is 10.3 Å². The Morgan fingerprint density at radius 2 is 1.67 bits per heavy atom. The molecule has 0 aliphatic carbocycles. The summed E-state index contributed by atoms with van der Waals surface area (Å²) >= 11 is 2.67. The third-order valence-corrected chi connectivity index (χ3v) is 8.83. The summed E-state index contributed by atoms with van der Waals surface area (Å²) in [5, 5.41) is 10.2. The molecule has 0 saturated carbocycles. The number of methoxy groups -OCH3 is 2. The van der Waals surface area contributed by atoms with Crippen LogP contribution >= 0.6 is 23.5 Å². The van der Waals surface area contributed by atoms with Crippen molar-refractivity contribution in [3.63, 3.8) is 0 Å². The van der Waals surface area contributed by atoms with E-state index in [1.165, 1.54) is 25.4 Å². The maximum atomic E-state index is 13.3. The summed E-state index contributed by atoms with van der Waals surface area (Å²) in [6, 6.07) is -1.46. The first kappa shape index (κ1) is 42.5. The molecule has 0 spiro atoms. The van der Waals surface area contributed by atoms with E-state index < -0.39 is 70.2 Å². The average Bonchev–Trinajstić information content (AvgIpc) is 3.02. The van der Waals surface area contributed by atoms with Gasteiger partial charge in [0.2, 0.25) is 23.6 Å². The summed E-state index contributed by atoms with van der Waals surface area (Å²) in [5.74, 6) is -3.97. The summed E-state index contributed by atoms with van der Waals surface area (Å²) in [6.07, 6.45) is 1.38. The van der Waals surface area contributed by atoms with Gasteiger partial charge in [0.1, 0.15) is 18.1 Å². The summed E-state index contributed by atoms with van der Waals surface area (Å²) < 4.78 is 40.3. The topological polar surface area (TPSA) is 266 Å². The zero-order chi connectivity index (χ0) is 36.3. The lowest BCUT2D eigenvalue weighted by molar-refractivity contribution is -0.145. The minimum absolute atomic E-state index is 0.00565. The van der Waals surface area contributed by atoms with Crippen LogP contribution in [0.15, 0.2) is 23.4 Å². The summed E-state index contributed by atoms with van der Waals surface area (Å²) in [5.41, 5.74) is 5.66. The van der Waals surface area contributed by atoms with Crippen LogP contribution < -0.4 is 27.0 Å². The van der Waals surface area contributed by atoms with Crippen LogP contribution in [-0.4, -0.2) is 148 Å². The maximum absolute atomic E-state index is 13.3. The molecule has 7 N–H and O–H groups in total. The Labute approximate surface area is 287 Å². The number of aromatic nitrogens is 1. The molecular formula is C27H43N7O11S3. The molecule has 1 aromatic heterocycles. The number of hydrogen-bond donors (Lipinski definition) is 6. The van der Waals surface area contributed by atoms with Gasteiger partial charge in [0.05, 0.1) is 30.6 Å². The van der Waals surface area contributed by atoms with Crippen LogP contribution in [-0.2, 0) is 43.6 Å². The summed E-state index contributed by atoms with van der Waals surface area (Å²) in [7, 11) is 1.59. The van der Waals surface area contributed by atoms with Crippen molar-refractivity contribution < 1.29 is 51.2 Å². The van der Waals surface area contributed by atoms with Crippen LogP contribution in [0.1, 0.15) is 23.2 Å². The molecule has 48 heavy (non-hydrogen) atoms. The maximum Gasteiger partial charge on any atom is 0.339 e. The number of rotatable bonds is 22. The fourth-order valence-corrected chi connectivity index (χ4v) is 5.98. The Hall–Kier alpha value is -3.50. The molecule has 0 saturated heterocycles. The van der Waals surface area contributed by atoms with Crippen molar-refractivity contribution in [1.29, 1.82) is 0 Å². The second-order valence-corrected chi connectivity index (χ2v) is 14.0. The Morgan fingerprint density at radius 3 is 2.25 bits per heavy atom. The molecule has 270 valence electrons. The van der Waals surface area contributed by atoms with E-state index in [2.05, 4.69) is 35.7 Å². The van der Waals surface area contributed by atoms with Gasteiger partial charge in [-0.2, -0.15) is 20.2 Å². The summed E-state index contributed by atoms with van der Waals surface area (Å²) in [6.45, 7) is 0.320. The SMILES string of the molecule is COC(=O)c1ccc(SC[C@H](NC(=O)CCNC(=O)CCSCCN(C)C)C(=O)NC(CNC(=O)[C@@H](N)CS(=O)(=O)O)C(=O)OC)nc1. The minimum atomic E-state index is -4.57. The van der Waals surface area contributed by atoms with Crippen molar-refractivity contribution in [2.45, 2.75) is 36.0 Å². The van der Waals surface area contributed by atoms with Crippen molar-refractivity contribution in [3.05, 3.63) is 23.9 Å². The van der Waals surface area contributed by atoms with Crippen LogP contribution in [0.5, 0.6) is 0 Å². The van der Waals surface area contributed by atoms with E-state index in [-0.39, 0.29) is 36.6 Å². The molecule has 1 heterocycles. The lowest BCUT2D eigenvalue weighted by Crippen LogP contribution is -2.57. The molecule has 18 nitrogen and oxygen atoms in total. The molecule has 0 bridgehead atoms. The van der Waals surface area contributed by atoms with E-state index in [0.717, 1.165) is 31.2 Å². The van der Waals surface area contributed by atoms with Crippen LogP contribution in [0, 0.1) is 0 Å². The van der Waals surface area contributed by atoms with Crippen LogP contribution in [0.4, 0.5) is 0 Å². The monoisotopic (exact) mass is 737 g/mol. The standard InChI is InChI=1S/C27H43N7O11S3/c1-34(2)10-12-46-11-8-21(35)29-9-7-22(36)32-20(15-47-23-6-5-17(13-30-23)26(39)44-3)25(38)33-19(27(40)45-4)14-31-24(37)18(28)16-48(41,42)43/h5-6,13,18-20H,7-12,14-16,28H2,1-4H3,(H,29,35)(H,31,37)(H,32,36)(H,33,38)(H,41,42,43)/t18-,19?,20-/m0/s1. The van der Waals surface area contributed by atoms with E-state index in [1.54, 1.807) is 11.8 Å². The van der Waals surface area contributed by atoms with Crippen molar-refractivity contribution in [2.75, 3.05) is 71.0 Å². The van der Waals surface area contributed by atoms with E-state index >= 15 is 0 Å². The van der Waals surface area contributed by atoms with Crippen molar-refractivity contribution in [3.8, 4) is 0 Å². The molecule has 4 amide bonds. The Bertz CT molecular complexity index is 1350. The number of carbonyl (C=O) groups is 6. The molecule has 0 aromatic carbocycles. The number of amides is 4. The van der Waals surface area contributed by atoms with Gasteiger partial charge in [-0.05, 0) is 26.2 Å². The second-order valence-electron chi connectivity index (χ2n) is 10.3. The number of esters is 2. The van der Waals surface area contributed by atoms with Gasteiger partial charge in [-0.3, -0.25) is 23.7 Å². The molecule has 0 aliphatic rings. The molecule has 3 atom stereocenters. The molecular weight excluding hydrogens is 695 g/mol. The number of nitrogens with one attached hydrogen (secondary N) is 4. The number of carbonyl (C=O) groups excluding carboxylic acids is 6. The number of hydrogen-bond acceptors (Lipinski definition) is 15. The number of pyridine rings is 1. The number of nitrogens with two attached hydrogens (primary N) is 1. The highest BCUT2D eigenvalue weighted by Gasteiger charge is 2.29. The van der Waals surface area contributed by atoms with Gasteiger partial charge < -0.3 is 41.4 Å². The van der Waals surface area contributed by atoms with Gasteiger partial charge in [-0.1, -0.05) is 0 Å². The highest BCUT2D eigenvalue weighted by atomic mass is 32.2. The smallest absolute Gasteiger partial charge is 0.339 e. The normalized spacial score (nSPS) is 13.1. The van der Waals surface area contributed by atoms with Gasteiger partial charge in [-0.15, -0.1) is 11.8 Å². The zero-order valence-electron chi connectivity index (χ0n) is 27.1. The lowest BCUT2D eigenvalue weighted by atomic mass is 10.2. The molecule has 0 radical (unpaired) electrons. The first-order valence-corrected chi connectivity index (χ1v) is 18.1. The number of thioether (sulfide) groups is 2. The molecule has 1 aromatic rings. The third kappa shape index (κ3) is 18.2. The van der Waals surface area contributed by atoms with E-state index in [1.807, 2.05) is 19.0 Å². The fourth-order valence-electron chi connectivity index (χ4n) is 3.48. The van der Waals surface area contributed by atoms with Crippen LogP contribution in [0.2, 0.25) is 0 Å². The van der Waals surface area contributed by atoms with Crippen molar-refractivity contribution in [2.24, 2.45) is 5.73 Å². The van der Waals surface area contributed by atoms with E-state index in [0.29, 0.717) is 10.8 Å². The molecule has 0 fully saturated rings. The second kappa shape index (κ2) is 22.2. The largest absolute Gasteiger partial charge is 0.467 e. The van der Waals surface area contributed by atoms with Crippen LogP contribution in [0.3, 0.4) is 0 Å². The molecule has 1 unspecified atom stereocenters. The van der Waals surface area contributed by atoms with Gasteiger partial charge in [0.15, 0.2) is 0 Å². The highest BCUT2D eigenvalue weighted by molar-refractivity contribution is 7.99. The predicted octanol–water partition coefficient (Wildman–Crippen LogP) is -2.37. The Balaban J connectivity index is 2.91. The quantitative estimate of drug-likeness (QED) is 0.0314. The Kier molecular flexibility index (Phi) is 19.7. The van der Waals surface area contributed by atoms with Gasteiger partial charge in [0, 0.05) is 55.9 Å². The first-order valence-electron chi connectivity index (χ1n) is 14.4. The van der Waals surface area contributed by atoms with E-state index in [9.17, 15) is 37.2 Å². The van der Waals surface area contributed by atoms with Gasteiger partial charge in [0.25, 0.3) is 10.1 Å². The number of ether oxygens (including phenoxy) is 2. The van der Waals surface area contributed by atoms with Crippen LogP contribution in [0.25, 0.3) is 0 Å². The highest BCUT2D eigenvalue weighted by Crippen LogP contribution is 2.17. The lowest BCUT2D eigenvalue weighted by Gasteiger charge is -2.23. The summed E-state index contributed by atoms with van der Waals surface area (Å²) in [4.78, 5) is 80.7. The minimum Gasteiger partial charge on any atom is -0.467 e.